The predicted octanol–water partition coefficient (Wildman–Crippen LogP) is 2.25. The second-order valence-electron chi connectivity index (χ2n) is 8.36. The second-order valence-corrected chi connectivity index (χ2v) is 8.36. The van der Waals surface area contributed by atoms with Gasteiger partial charge in [0.2, 0.25) is 0 Å². The van der Waals surface area contributed by atoms with E-state index in [0.717, 1.165) is 5.57 Å². The van der Waals surface area contributed by atoms with E-state index in [2.05, 4.69) is 6.58 Å². The number of methoxy groups -OCH3 is 1. The Hall–Kier alpha value is -1.21. The van der Waals surface area contributed by atoms with E-state index in [1.807, 2.05) is 13.0 Å². The molecule has 5 atom stereocenters. The van der Waals surface area contributed by atoms with Crippen LogP contribution in [0.25, 0.3) is 0 Å². The zero-order chi connectivity index (χ0) is 20.8. The number of aliphatic hydroxyl groups excluding tert-OH is 2. The third-order valence-electron chi connectivity index (χ3n) is 5.84. The van der Waals surface area contributed by atoms with Gasteiger partial charge >= 0.3 is 5.97 Å². The summed E-state index contributed by atoms with van der Waals surface area (Å²) in [7, 11) is 1.26. The average molecular weight is 385 g/mol. The Kier molecular flexibility index (Phi) is 8.67. The second kappa shape index (κ2) is 9.82. The van der Waals surface area contributed by atoms with Gasteiger partial charge in [-0.25, -0.2) is 4.79 Å². The molecule has 0 fully saturated rings. The molecule has 0 aromatic carbocycles. The van der Waals surface area contributed by atoms with Crippen LogP contribution in [-0.4, -0.2) is 56.9 Å². The van der Waals surface area contributed by atoms with Crippen LogP contribution in [0.15, 0.2) is 23.8 Å². The topological polar surface area (TPSA) is 107 Å². The predicted molar refractivity (Wildman–Crippen MR) is 104 cm³/mol. The van der Waals surface area contributed by atoms with Crippen LogP contribution in [0.3, 0.4) is 0 Å². The van der Waals surface area contributed by atoms with Crippen molar-refractivity contribution in [1.29, 1.82) is 0 Å². The van der Waals surface area contributed by atoms with E-state index in [4.69, 9.17) is 4.74 Å². The highest BCUT2D eigenvalue weighted by atomic mass is 16.5. The minimum absolute atomic E-state index is 0.121. The molecular formula is C21H36O6. The lowest BCUT2D eigenvalue weighted by molar-refractivity contribution is -0.137. The van der Waals surface area contributed by atoms with Gasteiger partial charge in [0, 0.05) is 5.57 Å². The number of hydrogen-bond acceptors (Lipinski definition) is 6. The molecule has 27 heavy (non-hydrogen) atoms. The van der Waals surface area contributed by atoms with Crippen molar-refractivity contribution in [1.82, 2.24) is 0 Å². The molecule has 6 nitrogen and oxygen atoms in total. The van der Waals surface area contributed by atoms with Crippen LogP contribution in [-0.2, 0) is 9.53 Å². The Bertz CT molecular complexity index is 549. The van der Waals surface area contributed by atoms with Gasteiger partial charge in [-0.1, -0.05) is 18.2 Å². The Morgan fingerprint density at radius 1 is 1.15 bits per heavy atom. The molecular weight excluding hydrogens is 348 g/mol. The van der Waals surface area contributed by atoms with Gasteiger partial charge in [-0.05, 0) is 71.6 Å². The molecule has 0 aliphatic heterocycles. The van der Waals surface area contributed by atoms with E-state index in [9.17, 15) is 25.2 Å². The largest absolute Gasteiger partial charge is 0.466 e. The van der Waals surface area contributed by atoms with Crippen LogP contribution in [0, 0.1) is 5.92 Å². The summed E-state index contributed by atoms with van der Waals surface area (Å²) in [6, 6.07) is 0. The molecule has 0 radical (unpaired) electrons. The number of rotatable bonds is 2. The molecule has 0 unspecified atom stereocenters. The monoisotopic (exact) mass is 384 g/mol. The quantitative estimate of drug-likeness (QED) is 0.330. The number of hydrogen-bond donors (Lipinski definition) is 4. The lowest BCUT2D eigenvalue weighted by Gasteiger charge is -2.34. The highest BCUT2D eigenvalue weighted by molar-refractivity contribution is 5.88. The number of allylic oxidation sites excluding steroid dienone is 2. The van der Waals surface area contributed by atoms with Crippen LogP contribution < -0.4 is 0 Å². The SMILES string of the molecule is C=C(C(=O)OC)[C@H]1CC[C@](C)(O)[C@H](O)CC/C(C)=C\CC[C@@](C)(O)[C@@H](O)C1. The molecule has 6 heteroatoms. The van der Waals surface area contributed by atoms with Crippen molar-refractivity contribution in [2.75, 3.05) is 7.11 Å². The van der Waals surface area contributed by atoms with Crippen molar-refractivity contribution < 1.29 is 30.0 Å². The van der Waals surface area contributed by atoms with Gasteiger partial charge in [-0.2, -0.15) is 0 Å². The molecule has 0 bridgehead atoms. The van der Waals surface area contributed by atoms with E-state index in [1.165, 1.54) is 7.11 Å². The maximum Gasteiger partial charge on any atom is 0.333 e. The normalized spacial score (nSPS) is 39.0. The smallest absolute Gasteiger partial charge is 0.333 e. The first kappa shape index (κ1) is 23.8. The lowest BCUT2D eigenvalue weighted by Crippen LogP contribution is -2.42. The summed E-state index contributed by atoms with van der Waals surface area (Å²) in [6.45, 7) is 8.91. The van der Waals surface area contributed by atoms with E-state index < -0.39 is 35.3 Å². The van der Waals surface area contributed by atoms with Gasteiger partial charge in [-0.15, -0.1) is 0 Å². The first-order valence-corrected chi connectivity index (χ1v) is 9.64. The number of carbonyl (C=O) groups excluding carboxylic acids is 1. The number of carbonyl (C=O) groups is 1. The average Bonchev–Trinajstić information content (AvgIpc) is 2.60. The molecule has 1 aliphatic rings. The summed E-state index contributed by atoms with van der Waals surface area (Å²) in [4.78, 5) is 11.9. The summed E-state index contributed by atoms with van der Waals surface area (Å²) >= 11 is 0. The fourth-order valence-electron chi connectivity index (χ4n) is 3.44. The zero-order valence-electron chi connectivity index (χ0n) is 17.1. The molecule has 0 aromatic rings. The van der Waals surface area contributed by atoms with Crippen LogP contribution >= 0.6 is 0 Å². The molecule has 0 aromatic heterocycles. The lowest BCUT2D eigenvalue weighted by atomic mass is 9.79. The maximum atomic E-state index is 11.9. The van der Waals surface area contributed by atoms with Crippen LogP contribution in [0.2, 0.25) is 0 Å². The zero-order valence-corrected chi connectivity index (χ0v) is 17.1. The number of esters is 1. The van der Waals surface area contributed by atoms with Gasteiger partial charge in [0.25, 0.3) is 0 Å². The molecule has 4 N–H and O–H groups in total. The van der Waals surface area contributed by atoms with Gasteiger partial charge < -0.3 is 25.2 Å². The Morgan fingerprint density at radius 3 is 2.33 bits per heavy atom. The summed E-state index contributed by atoms with van der Waals surface area (Å²) in [6.07, 6.45) is 2.74. The van der Waals surface area contributed by atoms with Gasteiger partial charge in [0.05, 0.1) is 30.5 Å². The fraction of sp³-hybridized carbons (Fsp3) is 0.762. The van der Waals surface area contributed by atoms with Crippen LogP contribution in [0.5, 0.6) is 0 Å². The number of aliphatic hydroxyl groups is 4. The summed E-state index contributed by atoms with van der Waals surface area (Å²) < 4.78 is 4.74. The first-order chi connectivity index (χ1) is 12.4. The van der Waals surface area contributed by atoms with E-state index in [1.54, 1.807) is 13.8 Å². The van der Waals surface area contributed by atoms with Crippen molar-refractivity contribution in [3.63, 3.8) is 0 Å². The standard InChI is InChI=1S/C21H36O6/c1-14-7-6-11-20(3,25)18(23)13-16(15(2)19(24)27-5)10-12-21(4,26)17(22)9-8-14/h7,16-18,22-23,25-26H,2,6,8-13H2,1,3-5H3/b14-7-/t16-,17+,18-,20+,21-/m0/s1. The van der Waals surface area contributed by atoms with Crippen LogP contribution in [0.4, 0.5) is 0 Å². The van der Waals surface area contributed by atoms with Crippen LogP contribution in [0.1, 0.15) is 65.7 Å². The molecule has 1 aliphatic carbocycles. The van der Waals surface area contributed by atoms with Crippen molar-refractivity contribution in [2.24, 2.45) is 5.92 Å². The first-order valence-electron chi connectivity index (χ1n) is 9.64. The third kappa shape index (κ3) is 7.03. The van der Waals surface area contributed by atoms with E-state index >= 15 is 0 Å². The minimum Gasteiger partial charge on any atom is -0.466 e. The highest BCUT2D eigenvalue weighted by Gasteiger charge is 2.36. The van der Waals surface area contributed by atoms with Crippen molar-refractivity contribution in [3.8, 4) is 0 Å². The summed E-state index contributed by atoms with van der Waals surface area (Å²) in [5.41, 5.74) is -1.37. The molecule has 1 rings (SSSR count). The molecule has 0 saturated carbocycles. The van der Waals surface area contributed by atoms with Crippen molar-refractivity contribution in [3.05, 3.63) is 23.8 Å². The maximum absolute atomic E-state index is 11.9. The van der Waals surface area contributed by atoms with Crippen molar-refractivity contribution in [2.45, 2.75) is 89.1 Å². The Balaban J connectivity index is 3.11. The molecule has 0 amide bonds. The third-order valence-corrected chi connectivity index (χ3v) is 5.84. The summed E-state index contributed by atoms with van der Waals surface area (Å²) in [5.74, 6) is -1.05. The molecule has 0 saturated heterocycles. The van der Waals surface area contributed by atoms with E-state index in [-0.39, 0.29) is 18.4 Å². The Labute approximate surface area is 162 Å². The van der Waals surface area contributed by atoms with Gasteiger partial charge in [-0.3, -0.25) is 0 Å². The number of ether oxygens (including phenoxy) is 1. The fourth-order valence-corrected chi connectivity index (χ4v) is 3.44. The molecule has 0 heterocycles. The van der Waals surface area contributed by atoms with Gasteiger partial charge in [0.15, 0.2) is 0 Å². The highest BCUT2D eigenvalue weighted by Crippen LogP contribution is 2.33. The van der Waals surface area contributed by atoms with Gasteiger partial charge in [0.1, 0.15) is 0 Å². The minimum atomic E-state index is -1.33. The van der Waals surface area contributed by atoms with Crippen molar-refractivity contribution >= 4 is 5.97 Å². The van der Waals surface area contributed by atoms with E-state index in [0.29, 0.717) is 32.1 Å². The molecule has 0 spiro atoms. The summed E-state index contributed by atoms with van der Waals surface area (Å²) in [5, 5.41) is 42.3. The molecule has 156 valence electrons. The Morgan fingerprint density at radius 2 is 1.74 bits per heavy atom.